The molecule has 2 aromatic heterocycles. The Labute approximate surface area is 108 Å². The molecule has 0 aliphatic carbocycles. The number of aromatic nitrogens is 2. The molecule has 1 amide bonds. The van der Waals surface area contributed by atoms with Gasteiger partial charge in [-0.1, -0.05) is 0 Å². The molecule has 7 heteroatoms. The second-order valence-corrected chi connectivity index (χ2v) is 4.11. The lowest BCUT2D eigenvalue weighted by atomic mass is 10.2. The topological polar surface area (TPSA) is 108 Å². The Bertz CT molecular complexity index is 654. The Hall–Kier alpha value is -2.57. The van der Waals surface area contributed by atoms with Gasteiger partial charge in [0.05, 0.1) is 11.4 Å². The molecule has 0 unspecified atom stereocenters. The van der Waals surface area contributed by atoms with Crippen molar-refractivity contribution in [3.05, 3.63) is 34.8 Å². The summed E-state index contributed by atoms with van der Waals surface area (Å²) in [6, 6.07) is 0. The molecule has 100 valence electrons. The minimum atomic E-state index is -1.11. The molecule has 0 aliphatic heterocycles. The number of anilines is 1. The van der Waals surface area contributed by atoms with E-state index in [0.717, 1.165) is 0 Å². The lowest BCUT2D eigenvalue weighted by Gasteiger charge is -2.02. The number of aromatic carboxylic acids is 1. The summed E-state index contributed by atoms with van der Waals surface area (Å²) < 4.78 is 5.17. The fourth-order valence-electron chi connectivity index (χ4n) is 1.82. The zero-order valence-electron chi connectivity index (χ0n) is 10.7. The van der Waals surface area contributed by atoms with Crippen LogP contribution in [0.5, 0.6) is 0 Å². The van der Waals surface area contributed by atoms with E-state index in [-0.39, 0.29) is 17.0 Å². The predicted molar refractivity (Wildman–Crippen MR) is 66.4 cm³/mol. The number of carboxylic acid groups (broad SMARTS) is 1. The summed E-state index contributed by atoms with van der Waals surface area (Å²) >= 11 is 0. The summed E-state index contributed by atoms with van der Waals surface area (Å²) in [5, 5.41) is 11.6. The SMILES string of the molecule is Cc1nc(C)c(C(=O)Nc2c[nH]c(C)c2C(=O)O)o1. The Balaban J connectivity index is 2.29. The molecule has 0 saturated carbocycles. The monoisotopic (exact) mass is 263 g/mol. The van der Waals surface area contributed by atoms with Crippen LogP contribution >= 0.6 is 0 Å². The minimum Gasteiger partial charge on any atom is -0.478 e. The highest BCUT2D eigenvalue weighted by Gasteiger charge is 2.21. The lowest BCUT2D eigenvalue weighted by Crippen LogP contribution is -2.14. The van der Waals surface area contributed by atoms with E-state index in [9.17, 15) is 9.59 Å². The van der Waals surface area contributed by atoms with E-state index >= 15 is 0 Å². The first-order chi connectivity index (χ1) is 8.90. The zero-order chi connectivity index (χ0) is 14.2. The van der Waals surface area contributed by atoms with E-state index < -0.39 is 11.9 Å². The third-order valence-corrected chi connectivity index (χ3v) is 2.65. The average Bonchev–Trinajstić information content (AvgIpc) is 2.82. The number of aromatic amines is 1. The normalized spacial score (nSPS) is 10.5. The maximum atomic E-state index is 12.0. The van der Waals surface area contributed by atoms with Gasteiger partial charge in [0.1, 0.15) is 5.56 Å². The number of hydrogen-bond donors (Lipinski definition) is 3. The van der Waals surface area contributed by atoms with Crippen LogP contribution in [0.15, 0.2) is 10.6 Å². The van der Waals surface area contributed by atoms with Gasteiger partial charge in [0.25, 0.3) is 5.91 Å². The van der Waals surface area contributed by atoms with Crippen LogP contribution in [0.1, 0.15) is 38.2 Å². The Morgan fingerprint density at radius 1 is 1.37 bits per heavy atom. The fourth-order valence-corrected chi connectivity index (χ4v) is 1.82. The van der Waals surface area contributed by atoms with Gasteiger partial charge in [0, 0.05) is 18.8 Å². The van der Waals surface area contributed by atoms with Crippen molar-refractivity contribution >= 4 is 17.6 Å². The molecule has 0 bridgehead atoms. The molecule has 2 heterocycles. The molecule has 0 radical (unpaired) electrons. The van der Waals surface area contributed by atoms with Crippen molar-refractivity contribution in [2.45, 2.75) is 20.8 Å². The third-order valence-electron chi connectivity index (χ3n) is 2.65. The molecule has 2 aromatic rings. The summed E-state index contributed by atoms with van der Waals surface area (Å²) in [5.41, 5.74) is 1.15. The van der Waals surface area contributed by atoms with E-state index in [4.69, 9.17) is 9.52 Å². The van der Waals surface area contributed by atoms with Gasteiger partial charge in [-0.3, -0.25) is 4.79 Å². The lowest BCUT2D eigenvalue weighted by molar-refractivity contribution is 0.0697. The van der Waals surface area contributed by atoms with Crippen LogP contribution < -0.4 is 5.32 Å². The number of oxazole rings is 1. The summed E-state index contributed by atoms with van der Waals surface area (Å²) in [7, 11) is 0. The second-order valence-electron chi connectivity index (χ2n) is 4.11. The van der Waals surface area contributed by atoms with Gasteiger partial charge < -0.3 is 19.8 Å². The molecule has 0 aromatic carbocycles. The number of carboxylic acids is 1. The van der Waals surface area contributed by atoms with Crippen molar-refractivity contribution in [3.8, 4) is 0 Å². The van der Waals surface area contributed by atoms with Crippen molar-refractivity contribution in [3.63, 3.8) is 0 Å². The Morgan fingerprint density at radius 2 is 2.05 bits per heavy atom. The van der Waals surface area contributed by atoms with Gasteiger partial charge in [-0.25, -0.2) is 9.78 Å². The van der Waals surface area contributed by atoms with Crippen molar-refractivity contribution in [1.29, 1.82) is 0 Å². The summed E-state index contributed by atoms with van der Waals surface area (Å²) in [4.78, 5) is 29.8. The Morgan fingerprint density at radius 3 is 2.58 bits per heavy atom. The van der Waals surface area contributed by atoms with Crippen molar-refractivity contribution in [1.82, 2.24) is 9.97 Å². The molecular formula is C12H13N3O4. The number of nitrogens with zero attached hydrogens (tertiary/aromatic N) is 1. The minimum absolute atomic E-state index is 0.0299. The number of H-pyrrole nitrogens is 1. The second kappa shape index (κ2) is 4.60. The third kappa shape index (κ3) is 2.35. The first-order valence-corrected chi connectivity index (χ1v) is 5.56. The van der Waals surface area contributed by atoms with Crippen LogP contribution in [0.3, 0.4) is 0 Å². The molecule has 7 nitrogen and oxygen atoms in total. The van der Waals surface area contributed by atoms with Gasteiger partial charge in [0.2, 0.25) is 5.76 Å². The van der Waals surface area contributed by atoms with Crippen molar-refractivity contribution < 1.29 is 19.1 Å². The van der Waals surface area contributed by atoms with E-state index in [1.165, 1.54) is 6.20 Å². The first kappa shape index (κ1) is 12.9. The summed E-state index contributed by atoms with van der Waals surface area (Å²) in [6.07, 6.45) is 1.43. The van der Waals surface area contributed by atoms with Gasteiger partial charge in [-0.15, -0.1) is 0 Å². The van der Waals surface area contributed by atoms with Crippen LogP contribution in [0.4, 0.5) is 5.69 Å². The molecule has 2 rings (SSSR count). The number of rotatable bonds is 3. The van der Waals surface area contributed by atoms with Gasteiger partial charge in [0.15, 0.2) is 5.89 Å². The first-order valence-electron chi connectivity index (χ1n) is 5.56. The molecule has 0 aliphatic rings. The number of carbonyl (C=O) groups is 2. The van der Waals surface area contributed by atoms with Crippen LogP contribution in [0.25, 0.3) is 0 Å². The van der Waals surface area contributed by atoms with Crippen molar-refractivity contribution in [2.75, 3.05) is 5.32 Å². The van der Waals surface area contributed by atoms with Crippen LogP contribution in [-0.2, 0) is 0 Å². The van der Waals surface area contributed by atoms with Crippen molar-refractivity contribution in [2.24, 2.45) is 0 Å². The summed E-state index contributed by atoms with van der Waals surface area (Å²) in [6.45, 7) is 4.89. The standard InChI is InChI=1S/C12H13N3O4/c1-5-9(12(17)18)8(4-13-5)15-11(16)10-6(2)14-7(3)19-10/h4,13H,1-3H3,(H,15,16)(H,17,18). The quantitative estimate of drug-likeness (QED) is 0.783. The zero-order valence-corrected chi connectivity index (χ0v) is 10.7. The van der Waals surface area contributed by atoms with E-state index in [1.54, 1.807) is 20.8 Å². The molecule has 19 heavy (non-hydrogen) atoms. The van der Waals surface area contributed by atoms with Crippen LogP contribution in [0.2, 0.25) is 0 Å². The molecule has 0 atom stereocenters. The Kier molecular flexibility index (Phi) is 3.12. The smallest absolute Gasteiger partial charge is 0.339 e. The van der Waals surface area contributed by atoms with E-state index in [1.807, 2.05) is 0 Å². The largest absolute Gasteiger partial charge is 0.478 e. The van der Waals surface area contributed by atoms with Crippen LogP contribution in [-0.4, -0.2) is 27.0 Å². The molecule has 0 saturated heterocycles. The van der Waals surface area contributed by atoms with Gasteiger partial charge >= 0.3 is 5.97 Å². The molecule has 0 spiro atoms. The van der Waals surface area contributed by atoms with E-state index in [2.05, 4.69) is 15.3 Å². The van der Waals surface area contributed by atoms with E-state index in [0.29, 0.717) is 17.3 Å². The number of nitrogens with one attached hydrogen (secondary N) is 2. The highest BCUT2D eigenvalue weighted by molar-refractivity contribution is 6.07. The number of carbonyl (C=O) groups excluding carboxylic acids is 1. The van der Waals surface area contributed by atoms with Gasteiger partial charge in [-0.05, 0) is 13.8 Å². The molecule has 3 N–H and O–H groups in total. The van der Waals surface area contributed by atoms with Gasteiger partial charge in [-0.2, -0.15) is 0 Å². The highest BCUT2D eigenvalue weighted by Crippen LogP contribution is 2.20. The number of amides is 1. The maximum absolute atomic E-state index is 12.0. The maximum Gasteiger partial charge on any atom is 0.339 e. The molecule has 0 fully saturated rings. The average molecular weight is 263 g/mol. The number of hydrogen-bond acceptors (Lipinski definition) is 4. The van der Waals surface area contributed by atoms with Crippen LogP contribution in [0, 0.1) is 20.8 Å². The summed E-state index contributed by atoms with van der Waals surface area (Å²) in [5.74, 6) is -1.18. The predicted octanol–water partition coefficient (Wildman–Crippen LogP) is 1.88. The fraction of sp³-hybridized carbons (Fsp3) is 0.250. The number of aryl methyl sites for hydroxylation is 3. The molecular weight excluding hydrogens is 250 g/mol. The highest BCUT2D eigenvalue weighted by atomic mass is 16.4.